The van der Waals surface area contributed by atoms with E-state index in [0.717, 1.165) is 22.5 Å². The van der Waals surface area contributed by atoms with Gasteiger partial charge in [-0.05, 0) is 41.0 Å². The van der Waals surface area contributed by atoms with E-state index in [0.29, 0.717) is 5.75 Å². The fraction of sp³-hybridized carbons (Fsp3) is 0.250. The Bertz CT molecular complexity index is 654. The molecule has 5 heteroatoms. The Morgan fingerprint density at radius 2 is 2.05 bits per heavy atom. The maximum atomic E-state index is 11.1. The normalized spacial score (nSPS) is 10.2. The zero-order valence-corrected chi connectivity index (χ0v) is 12.3. The van der Waals surface area contributed by atoms with Gasteiger partial charge in [0.15, 0.2) is 0 Å². The number of pyridine rings is 1. The molecule has 0 spiro atoms. The fourth-order valence-corrected chi connectivity index (χ4v) is 2.12. The number of methoxy groups -OCH3 is 1. The SMILES string of the molecule is COc1ccc(-c2ccnc(N(C)C)c2)c(CC(=O)O)c1. The molecule has 1 heterocycles. The van der Waals surface area contributed by atoms with E-state index in [1.807, 2.05) is 43.3 Å². The number of ether oxygens (including phenoxy) is 1. The summed E-state index contributed by atoms with van der Waals surface area (Å²) in [5, 5.41) is 9.08. The molecule has 0 radical (unpaired) electrons. The molecule has 0 aliphatic carbocycles. The molecule has 0 atom stereocenters. The summed E-state index contributed by atoms with van der Waals surface area (Å²) in [6, 6.07) is 9.29. The molecule has 1 N–H and O–H groups in total. The molecule has 5 nitrogen and oxygen atoms in total. The van der Waals surface area contributed by atoms with Gasteiger partial charge in [-0.2, -0.15) is 0 Å². The molecule has 1 aromatic carbocycles. The third kappa shape index (κ3) is 3.51. The third-order valence-corrected chi connectivity index (χ3v) is 3.17. The Kier molecular flexibility index (Phi) is 4.42. The number of hydrogen-bond acceptors (Lipinski definition) is 4. The van der Waals surface area contributed by atoms with Crippen LogP contribution in [-0.2, 0) is 11.2 Å². The topological polar surface area (TPSA) is 62.7 Å². The summed E-state index contributed by atoms with van der Waals surface area (Å²) in [6.45, 7) is 0. The molecule has 0 saturated carbocycles. The van der Waals surface area contributed by atoms with Gasteiger partial charge in [-0.25, -0.2) is 4.98 Å². The van der Waals surface area contributed by atoms with Gasteiger partial charge in [-0.3, -0.25) is 4.79 Å². The van der Waals surface area contributed by atoms with E-state index in [1.54, 1.807) is 19.4 Å². The van der Waals surface area contributed by atoms with Gasteiger partial charge in [0.25, 0.3) is 0 Å². The van der Waals surface area contributed by atoms with E-state index < -0.39 is 5.97 Å². The van der Waals surface area contributed by atoms with Crippen molar-refractivity contribution < 1.29 is 14.6 Å². The van der Waals surface area contributed by atoms with E-state index in [1.165, 1.54) is 0 Å². The van der Waals surface area contributed by atoms with Crippen LogP contribution in [0, 0.1) is 0 Å². The first-order valence-corrected chi connectivity index (χ1v) is 6.53. The Morgan fingerprint density at radius 3 is 2.67 bits per heavy atom. The Morgan fingerprint density at radius 1 is 1.29 bits per heavy atom. The van der Waals surface area contributed by atoms with Crippen molar-refractivity contribution >= 4 is 11.8 Å². The molecule has 21 heavy (non-hydrogen) atoms. The van der Waals surface area contributed by atoms with E-state index in [2.05, 4.69) is 4.98 Å². The highest BCUT2D eigenvalue weighted by molar-refractivity contribution is 5.78. The van der Waals surface area contributed by atoms with Crippen molar-refractivity contribution in [2.45, 2.75) is 6.42 Å². The number of carbonyl (C=O) groups is 1. The van der Waals surface area contributed by atoms with Crippen LogP contribution in [0.5, 0.6) is 5.75 Å². The molecular weight excluding hydrogens is 268 g/mol. The molecule has 0 bridgehead atoms. The lowest BCUT2D eigenvalue weighted by Gasteiger charge is -2.14. The predicted octanol–water partition coefficient (Wildman–Crippen LogP) is 2.45. The van der Waals surface area contributed by atoms with Crippen molar-refractivity contribution in [3.8, 4) is 16.9 Å². The molecule has 0 unspecified atom stereocenters. The minimum absolute atomic E-state index is 0.0495. The van der Waals surface area contributed by atoms with Crippen LogP contribution in [0.25, 0.3) is 11.1 Å². The lowest BCUT2D eigenvalue weighted by Crippen LogP contribution is -2.10. The Hall–Kier alpha value is -2.56. The Balaban J connectivity index is 2.51. The van der Waals surface area contributed by atoms with Gasteiger partial charge in [-0.15, -0.1) is 0 Å². The van der Waals surface area contributed by atoms with Gasteiger partial charge in [-0.1, -0.05) is 6.07 Å². The van der Waals surface area contributed by atoms with Crippen LogP contribution in [0.4, 0.5) is 5.82 Å². The number of rotatable bonds is 5. The number of nitrogens with zero attached hydrogens (tertiary/aromatic N) is 2. The highest BCUT2D eigenvalue weighted by Gasteiger charge is 2.11. The van der Waals surface area contributed by atoms with Gasteiger partial charge < -0.3 is 14.7 Å². The quantitative estimate of drug-likeness (QED) is 0.914. The third-order valence-electron chi connectivity index (χ3n) is 3.17. The second-order valence-electron chi connectivity index (χ2n) is 4.89. The van der Waals surface area contributed by atoms with Crippen LogP contribution < -0.4 is 9.64 Å². The predicted molar refractivity (Wildman–Crippen MR) is 81.9 cm³/mol. The highest BCUT2D eigenvalue weighted by atomic mass is 16.5. The molecule has 1 aromatic heterocycles. The summed E-state index contributed by atoms with van der Waals surface area (Å²) < 4.78 is 5.18. The number of carboxylic acid groups (broad SMARTS) is 1. The first kappa shape index (κ1) is 14.8. The second-order valence-corrected chi connectivity index (χ2v) is 4.89. The standard InChI is InChI=1S/C16H18N2O3/c1-18(2)15-9-11(6-7-17-15)14-5-4-13(21-3)8-12(14)10-16(19)20/h4-9H,10H2,1-3H3,(H,19,20). The average molecular weight is 286 g/mol. The van der Waals surface area contributed by atoms with Crippen molar-refractivity contribution in [3.63, 3.8) is 0 Å². The average Bonchev–Trinajstić information content (AvgIpc) is 2.46. The van der Waals surface area contributed by atoms with Crippen molar-refractivity contribution in [1.29, 1.82) is 0 Å². The van der Waals surface area contributed by atoms with Crippen LogP contribution in [0.15, 0.2) is 36.5 Å². The van der Waals surface area contributed by atoms with Crippen molar-refractivity contribution in [3.05, 3.63) is 42.1 Å². The largest absolute Gasteiger partial charge is 0.497 e. The van der Waals surface area contributed by atoms with E-state index in [9.17, 15) is 4.79 Å². The van der Waals surface area contributed by atoms with Crippen LogP contribution in [0.1, 0.15) is 5.56 Å². The minimum atomic E-state index is -0.869. The van der Waals surface area contributed by atoms with Gasteiger partial charge >= 0.3 is 5.97 Å². The summed E-state index contributed by atoms with van der Waals surface area (Å²) in [5.74, 6) is 0.605. The molecular formula is C16H18N2O3. The lowest BCUT2D eigenvalue weighted by molar-refractivity contribution is -0.136. The van der Waals surface area contributed by atoms with Crippen molar-refractivity contribution in [2.24, 2.45) is 0 Å². The van der Waals surface area contributed by atoms with Gasteiger partial charge in [0, 0.05) is 20.3 Å². The maximum absolute atomic E-state index is 11.1. The van der Waals surface area contributed by atoms with Gasteiger partial charge in [0.1, 0.15) is 11.6 Å². The second kappa shape index (κ2) is 6.26. The monoisotopic (exact) mass is 286 g/mol. The number of hydrogen-bond donors (Lipinski definition) is 1. The zero-order chi connectivity index (χ0) is 15.4. The maximum Gasteiger partial charge on any atom is 0.307 e. The molecule has 0 amide bonds. The summed E-state index contributed by atoms with van der Waals surface area (Å²) >= 11 is 0. The number of benzene rings is 1. The van der Waals surface area contributed by atoms with E-state index in [-0.39, 0.29) is 6.42 Å². The van der Waals surface area contributed by atoms with Gasteiger partial charge in [0.05, 0.1) is 13.5 Å². The Labute approximate surface area is 123 Å². The zero-order valence-electron chi connectivity index (χ0n) is 12.3. The molecule has 2 aromatic rings. The molecule has 0 aliphatic heterocycles. The number of aromatic nitrogens is 1. The minimum Gasteiger partial charge on any atom is -0.497 e. The van der Waals surface area contributed by atoms with Crippen LogP contribution >= 0.6 is 0 Å². The van der Waals surface area contributed by atoms with Crippen LogP contribution in [-0.4, -0.2) is 37.3 Å². The molecule has 0 fully saturated rings. The summed E-state index contributed by atoms with van der Waals surface area (Å²) in [4.78, 5) is 17.2. The van der Waals surface area contributed by atoms with Crippen LogP contribution in [0.3, 0.4) is 0 Å². The van der Waals surface area contributed by atoms with E-state index >= 15 is 0 Å². The molecule has 110 valence electrons. The number of carboxylic acids is 1. The van der Waals surface area contributed by atoms with E-state index in [4.69, 9.17) is 9.84 Å². The first-order chi connectivity index (χ1) is 10.0. The molecule has 0 aliphatic rings. The van der Waals surface area contributed by atoms with Crippen molar-refractivity contribution in [2.75, 3.05) is 26.1 Å². The molecule has 0 saturated heterocycles. The number of anilines is 1. The van der Waals surface area contributed by atoms with Crippen molar-refractivity contribution in [1.82, 2.24) is 4.98 Å². The lowest BCUT2D eigenvalue weighted by atomic mass is 9.98. The van der Waals surface area contributed by atoms with Gasteiger partial charge in [0.2, 0.25) is 0 Å². The summed E-state index contributed by atoms with van der Waals surface area (Å²) in [5.41, 5.74) is 2.54. The smallest absolute Gasteiger partial charge is 0.307 e. The number of aliphatic carboxylic acids is 1. The first-order valence-electron chi connectivity index (χ1n) is 6.53. The summed E-state index contributed by atoms with van der Waals surface area (Å²) in [6.07, 6.45) is 1.67. The summed E-state index contributed by atoms with van der Waals surface area (Å²) in [7, 11) is 5.40. The highest BCUT2D eigenvalue weighted by Crippen LogP contribution is 2.29. The molecule has 2 rings (SSSR count). The van der Waals surface area contributed by atoms with Crippen LogP contribution in [0.2, 0.25) is 0 Å². The fourth-order valence-electron chi connectivity index (χ4n) is 2.12.